The lowest BCUT2D eigenvalue weighted by Crippen LogP contribution is -2.58. The Balaban J connectivity index is 1.21. The van der Waals surface area contributed by atoms with Crippen molar-refractivity contribution in [2.75, 3.05) is 13.2 Å². The number of rotatable bonds is 4. The van der Waals surface area contributed by atoms with Gasteiger partial charge in [-0.3, -0.25) is 14.5 Å². The number of carbonyl (C=O) groups is 4. The molecule has 1 aliphatic carbocycles. The van der Waals surface area contributed by atoms with E-state index in [2.05, 4.69) is 12.1 Å². The van der Waals surface area contributed by atoms with Crippen molar-refractivity contribution >= 4 is 23.9 Å². The standard InChI is InChI=1S/C31H28N2O6/c1-31(2)16-9-17-32(26(31)29(36)39-33-27(34)23-14-7-8-15-24(23)28(33)35)30(37)38-18-25-21-12-5-3-10-19(21)20-11-4-6-13-22(20)25/h3-8,10-15,25-26H,9,16-18H2,1-2H3. The van der Waals surface area contributed by atoms with Crippen molar-refractivity contribution in [1.29, 1.82) is 0 Å². The van der Waals surface area contributed by atoms with Crippen LogP contribution in [0.4, 0.5) is 4.79 Å². The Kier molecular flexibility index (Phi) is 5.98. The first kappa shape index (κ1) is 24.9. The third-order valence-electron chi connectivity index (χ3n) is 8.00. The summed E-state index contributed by atoms with van der Waals surface area (Å²) in [5.41, 5.74) is 4.10. The first-order valence-corrected chi connectivity index (χ1v) is 13.1. The first-order chi connectivity index (χ1) is 18.8. The number of benzene rings is 3. The summed E-state index contributed by atoms with van der Waals surface area (Å²) in [5.74, 6) is -2.37. The quantitative estimate of drug-likeness (QED) is 0.437. The molecule has 0 bridgehead atoms. The Bertz CT molecular complexity index is 1430. The minimum Gasteiger partial charge on any atom is -0.448 e. The monoisotopic (exact) mass is 524 g/mol. The number of hydroxylamine groups is 2. The van der Waals surface area contributed by atoms with E-state index >= 15 is 0 Å². The van der Waals surface area contributed by atoms with Crippen molar-refractivity contribution in [2.24, 2.45) is 5.41 Å². The third kappa shape index (κ3) is 4.07. The highest BCUT2D eigenvalue weighted by molar-refractivity contribution is 6.21. The molecule has 2 heterocycles. The normalized spacial score (nSPS) is 19.4. The Morgan fingerprint density at radius 3 is 1.90 bits per heavy atom. The predicted molar refractivity (Wildman–Crippen MR) is 142 cm³/mol. The number of amides is 3. The van der Waals surface area contributed by atoms with Crippen LogP contribution in [0.1, 0.15) is 64.4 Å². The summed E-state index contributed by atoms with van der Waals surface area (Å²) in [5, 5.41) is 0.494. The second-order valence-corrected chi connectivity index (χ2v) is 10.9. The van der Waals surface area contributed by atoms with Gasteiger partial charge in [-0.15, -0.1) is 0 Å². The summed E-state index contributed by atoms with van der Waals surface area (Å²) in [7, 11) is 0. The van der Waals surface area contributed by atoms with E-state index in [1.54, 1.807) is 12.1 Å². The van der Waals surface area contributed by atoms with E-state index in [9.17, 15) is 19.2 Å². The van der Waals surface area contributed by atoms with Crippen LogP contribution in [0.5, 0.6) is 0 Å². The van der Waals surface area contributed by atoms with Crippen LogP contribution < -0.4 is 0 Å². The molecule has 3 amide bonds. The highest BCUT2D eigenvalue weighted by atomic mass is 16.7. The number of piperidine rings is 1. The Hall–Kier alpha value is -4.46. The number of likely N-dealkylation sites (tertiary alicyclic amines) is 1. The minimum atomic E-state index is -1.04. The van der Waals surface area contributed by atoms with Gasteiger partial charge in [0.15, 0.2) is 0 Å². The molecule has 39 heavy (non-hydrogen) atoms. The van der Waals surface area contributed by atoms with Gasteiger partial charge in [0, 0.05) is 12.5 Å². The first-order valence-electron chi connectivity index (χ1n) is 13.1. The van der Waals surface area contributed by atoms with Crippen molar-refractivity contribution < 1.29 is 28.8 Å². The van der Waals surface area contributed by atoms with E-state index in [1.807, 2.05) is 50.2 Å². The van der Waals surface area contributed by atoms with E-state index in [0.717, 1.165) is 22.3 Å². The van der Waals surface area contributed by atoms with Crippen LogP contribution in [-0.4, -0.2) is 53.0 Å². The fraction of sp³-hybridized carbons (Fsp3) is 0.290. The van der Waals surface area contributed by atoms with Crippen LogP contribution in [0.3, 0.4) is 0 Å². The fourth-order valence-corrected chi connectivity index (χ4v) is 6.10. The number of hydrogen-bond acceptors (Lipinski definition) is 6. The fourth-order valence-electron chi connectivity index (χ4n) is 6.10. The number of nitrogens with zero attached hydrogens (tertiary/aromatic N) is 2. The summed E-state index contributed by atoms with van der Waals surface area (Å²) in [6.45, 7) is 4.14. The van der Waals surface area contributed by atoms with Crippen LogP contribution >= 0.6 is 0 Å². The molecular weight excluding hydrogens is 496 g/mol. The van der Waals surface area contributed by atoms with Gasteiger partial charge in [0.2, 0.25) is 0 Å². The molecule has 2 aliphatic heterocycles. The van der Waals surface area contributed by atoms with Crippen LogP contribution in [0.2, 0.25) is 0 Å². The van der Waals surface area contributed by atoms with Crippen LogP contribution in [0, 0.1) is 5.41 Å². The molecule has 3 aromatic rings. The zero-order valence-electron chi connectivity index (χ0n) is 21.8. The highest BCUT2D eigenvalue weighted by Crippen LogP contribution is 2.45. The van der Waals surface area contributed by atoms with Crippen molar-refractivity contribution in [3.05, 3.63) is 95.1 Å². The van der Waals surface area contributed by atoms with Crippen LogP contribution in [0.15, 0.2) is 72.8 Å². The van der Waals surface area contributed by atoms with Gasteiger partial charge in [0.25, 0.3) is 11.8 Å². The average molecular weight is 525 g/mol. The summed E-state index contributed by atoms with van der Waals surface area (Å²) in [6, 6.07) is 21.4. The number of ether oxygens (including phenoxy) is 1. The molecule has 1 atom stereocenters. The smallest absolute Gasteiger partial charge is 0.410 e. The summed E-state index contributed by atoms with van der Waals surface area (Å²) >= 11 is 0. The van der Waals surface area contributed by atoms with Gasteiger partial charge in [-0.1, -0.05) is 79.6 Å². The lowest BCUT2D eigenvalue weighted by Gasteiger charge is -2.44. The van der Waals surface area contributed by atoms with Crippen molar-refractivity contribution in [2.45, 2.75) is 38.6 Å². The second-order valence-electron chi connectivity index (χ2n) is 10.9. The minimum absolute atomic E-state index is 0.115. The largest absolute Gasteiger partial charge is 0.448 e. The lowest BCUT2D eigenvalue weighted by molar-refractivity contribution is -0.180. The molecule has 1 fully saturated rings. The van der Waals surface area contributed by atoms with Gasteiger partial charge in [0.1, 0.15) is 12.6 Å². The predicted octanol–water partition coefficient (Wildman–Crippen LogP) is 5.18. The number of fused-ring (bicyclic) bond motifs is 4. The van der Waals surface area contributed by atoms with Gasteiger partial charge in [0.05, 0.1) is 11.1 Å². The van der Waals surface area contributed by atoms with Crippen molar-refractivity contribution in [3.63, 3.8) is 0 Å². The topological polar surface area (TPSA) is 93.2 Å². The molecule has 0 aromatic heterocycles. The van der Waals surface area contributed by atoms with E-state index in [1.165, 1.54) is 17.0 Å². The molecule has 3 aliphatic rings. The Morgan fingerprint density at radius 2 is 1.33 bits per heavy atom. The van der Waals surface area contributed by atoms with E-state index < -0.39 is 35.3 Å². The van der Waals surface area contributed by atoms with Gasteiger partial charge in [-0.25, -0.2) is 9.59 Å². The molecular formula is C31H28N2O6. The maximum absolute atomic E-state index is 13.5. The molecule has 6 rings (SSSR count). The molecule has 0 N–H and O–H groups in total. The maximum Gasteiger partial charge on any atom is 0.410 e. The van der Waals surface area contributed by atoms with E-state index in [-0.39, 0.29) is 23.7 Å². The molecule has 0 radical (unpaired) electrons. The molecule has 1 saturated heterocycles. The number of imide groups is 1. The van der Waals surface area contributed by atoms with Crippen molar-refractivity contribution in [3.8, 4) is 11.1 Å². The van der Waals surface area contributed by atoms with Crippen LogP contribution in [0.25, 0.3) is 11.1 Å². The number of hydrogen-bond donors (Lipinski definition) is 0. The second kappa shape index (κ2) is 9.38. The van der Waals surface area contributed by atoms with E-state index in [0.29, 0.717) is 24.4 Å². The van der Waals surface area contributed by atoms with Gasteiger partial charge < -0.3 is 9.57 Å². The lowest BCUT2D eigenvalue weighted by atomic mass is 9.76. The molecule has 8 nitrogen and oxygen atoms in total. The summed E-state index contributed by atoms with van der Waals surface area (Å²) in [4.78, 5) is 59.3. The zero-order chi connectivity index (χ0) is 27.3. The molecule has 198 valence electrons. The Labute approximate surface area is 226 Å². The zero-order valence-corrected chi connectivity index (χ0v) is 21.8. The van der Waals surface area contributed by atoms with Gasteiger partial charge >= 0.3 is 12.1 Å². The summed E-state index contributed by atoms with van der Waals surface area (Å²) in [6.07, 6.45) is 0.699. The van der Waals surface area contributed by atoms with Gasteiger partial charge in [-0.05, 0) is 52.6 Å². The van der Waals surface area contributed by atoms with Crippen molar-refractivity contribution in [1.82, 2.24) is 9.96 Å². The Morgan fingerprint density at radius 1 is 0.821 bits per heavy atom. The maximum atomic E-state index is 13.5. The van der Waals surface area contributed by atoms with E-state index in [4.69, 9.17) is 9.57 Å². The molecule has 0 saturated carbocycles. The molecule has 3 aromatic carbocycles. The molecule has 0 spiro atoms. The third-order valence-corrected chi connectivity index (χ3v) is 8.00. The molecule has 1 unspecified atom stereocenters. The van der Waals surface area contributed by atoms with Crippen LogP contribution in [-0.2, 0) is 14.4 Å². The van der Waals surface area contributed by atoms with Gasteiger partial charge in [-0.2, -0.15) is 0 Å². The highest BCUT2D eigenvalue weighted by Gasteiger charge is 2.49. The molecule has 8 heteroatoms. The SMILES string of the molecule is CC1(C)CCCN(C(=O)OCC2c3ccccc3-c3ccccc32)C1C(=O)ON1C(=O)c2ccccc2C1=O. The summed E-state index contributed by atoms with van der Waals surface area (Å²) < 4.78 is 5.85. The average Bonchev–Trinajstić information content (AvgIpc) is 3.38. The number of carbonyl (C=O) groups excluding carboxylic acids is 4.